The van der Waals surface area contributed by atoms with Crippen LogP contribution in [0.25, 0.3) is 0 Å². The summed E-state index contributed by atoms with van der Waals surface area (Å²) in [7, 11) is 0. The molecule has 0 bridgehead atoms. The molecule has 24 heavy (non-hydrogen) atoms. The normalized spacial score (nSPS) is 14.0. The summed E-state index contributed by atoms with van der Waals surface area (Å²) >= 11 is 5.82. The van der Waals surface area contributed by atoms with Gasteiger partial charge in [-0.25, -0.2) is 0 Å². The Labute approximate surface area is 147 Å². The molecule has 1 aliphatic rings. The molecule has 0 spiro atoms. The molecule has 0 saturated heterocycles. The van der Waals surface area contributed by atoms with E-state index < -0.39 is 0 Å². The van der Waals surface area contributed by atoms with Crippen LogP contribution in [0, 0.1) is 0 Å². The van der Waals surface area contributed by atoms with Crippen molar-refractivity contribution in [2.45, 2.75) is 13.0 Å². The number of hydrogen-bond acceptors (Lipinski definition) is 3. The number of carbonyl (C=O) groups excluding carboxylic acids is 1. The molecule has 126 valence electrons. The third kappa shape index (κ3) is 4.73. The second-order valence-electron chi connectivity index (χ2n) is 5.88. The third-order valence-electron chi connectivity index (χ3n) is 4.08. The van der Waals surface area contributed by atoms with Crippen LogP contribution in [-0.4, -0.2) is 37.0 Å². The first kappa shape index (κ1) is 16.8. The van der Waals surface area contributed by atoms with Crippen molar-refractivity contribution in [1.29, 1.82) is 0 Å². The molecular formula is C19H21ClN2O2. The summed E-state index contributed by atoms with van der Waals surface area (Å²) < 4.78 is 5.56. The molecule has 5 heteroatoms. The fraction of sp³-hybridized carbons (Fsp3) is 0.316. The van der Waals surface area contributed by atoms with E-state index >= 15 is 0 Å². The van der Waals surface area contributed by atoms with E-state index in [4.69, 9.17) is 16.3 Å². The van der Waals surface area contributed by atoms with Gasteiger partial charge in [-0.05, 0) is 41.8 Å². The first-order valence-corrected chi connectivity index (χ1v) is 8.53. The minimum absolute atomic E-state index is 0.0362. The van der Waals surface area contributed by atoms with Gasteiger partial charge in [0, 0.05) is 18.1 Å². The first-order valence-electron chi connectivity index (χ1n) is 8.15. The van der Waals surface area contributed by atoms with Crippen LogP contribution in [0.3, 0.4) is 0 Å². The van der Waals surface area contributed by atoms with Gasteiger partial charge in [-0.1, -0.05) is 35.9 Å². The number of carbonyl (C=O) groups is 1. The fourth-order valence-electron chi connectivity index (χ4n) is 2.84. The Balaban J connectivity index is 1.36. The minimum Gasteiger partial charge on any atom is -0.492 e. The Kier molecular flexibility index (Phi) is 5.72. The molecule has 3 rings (SSSR count). The number of halogens is 1. The molecule has 0 aromatic heterocycles. The zero-order chi connectivity index (χ0) is 16.8. The summed E-state index contributed by atoms with van der Waals surface area (Å²) in [6, 6.07) is 15.6. The van der Waals surface area contributed by atoms with E-state index in [0.29, 0.717) is 24.7 Å². The number of nitrogens with zero attached hydrogens (tertiary/aromatic N) is 1. The zero-order valence-corrected chi connectivity index (χ0v) is 14.3. The van der Waals surface area contributed by atoms with Gasteiger partial charge in [-0.3, -0.25) is 9.69 Å². The van der Waals surface area contributed by atoms with Crippen molar-refractivity contribution in [2.24, 2.45) is 0 Å². The van der Waals surface area contributed by atoms with E-state index in [-0.39, 0.29) is 5.91 Å². The number of fused-ring (bicyclic) bond motifs is 1. The van der Waals surface area contributed by atoms with Crippen molar-refractivity contribution < 1.29 is 9.53 Å². The molecule has 0 atom stereocenters. The van der Waals surface area contributed by atoms with Crippen LogP contribution >= 0.6 is 11.6 Å². The highest BCUT2D eigenvalue weighted by atomic mass is 35.5. The van der Waals surface area contributed by atoms with Gasteiger partial charge in [0.25, 0.3) is 0 Å². The van der Waals surface area contributed by atoms with Gasteiger partial charge in [0.1, 0.15) is 12.4 Å². The van der Waals surface area contributed by atoms with E-state index in [1.165, 1.54) is 11.1 Å². The van der Waals surface area contributed by atoms with E-state index in [0.717, 1.165) is 25.3 Å². The molecule has 0 saturated carbocycles. The topological polar surface area (TPSA) is 41.6 Å². The van der Waals surface area contributed by atoms with Gasteiger partial charge in [-0.15, -0.1) is 0 Å². The first-order chi connectivity index (χ1) is 11.7. The summed E-state index contributed by atoms with van der Waals surface area (Å²) in [5.41, 5.74) is 2.72. The van der Waals surface area contributed by atoms with E-state index in [1.54, 1.807) is 12.1 Å². The van der Waals surface area contributed by atoms with Crippen molar-refractivity contribution in [2.75, 3.05) is 26.2 Å². The Hall–Kier alpha value is -2.04. The van der Waals surface area contributed by atoms with Crippen molar-refractivity contribution in [3.8, 4) is 5.75 Å². The Morgan fingerprint density at radius 1 is 1.12 bits per heavy atom. The monoisotopic (exact) mass is 344 g/mol. The van der Waals surface area contributed by atoms with Crippen LogP contribution in [0.2, 0.25) is 5.02 Å². The van der Waals surface area contributed by atoms with Gasteiger partial charge < -0.3 is 10.1 Å². The van der Waals surface area contributed by atoms with Crippen LogP contribution in [0.5, 0.6) is 5.75 Å². The molecule has 0 aliphatic carbocycles. The Morgan fingerprint density at radius 3 is 2.67 bits per heavy atom. The lowest BCUT2D eigenvalue weighted by molar-refractivity contribution is -0.122. The van der Waals surface area contributed by atoms with Crippen LogP contribution in [0.15, 0.2) is 48.5 Å². The molecule has 0 radical (unpaired) electrons. The summed E-state index contributed by atoms with van der Waals surface area (Å²) in [6.07, 6.45) is 1.00. The SMILES string of the molecule is O=C(CN1CCc2ccccc2C1)NCCOc1ccc(Cl)cc1. The average molecular weight is 345 g/mol. The Morgan fingerprint density at radius 2 is 1.88 bits per heavy atom. The number of benzene rings is 2. The molecule has 2 aromatic rings. The van der Waals surface area contributed by atoms with Crippen LogP contribution < -0.4 is 10.1 Å². The van der Waals surface area contributed by atoms with Gasteiger partial charge in [0.05, 0.1) is 13.1 Å². The van der Waals surface area contributed by atoms with Crippen LogP contribution in [0.1, 0.15) is 11.1 Å². The highest BCUT2D eigenvalue weighted by Gasteiger charge is 2.17. The van der Waals surface area contributed by atoms with Crippen molar-refractivity contribution >= 4 is 17.5 Å². The second-order valence-corrected chi connectivity index (χ2v) is 6.32. The quantitative estimate of drug-likeness (QED) is 0.819. The van der Waals surface area contributed by atoms with Crippen molar-refractivity contribution in [3.63, 3.8) is 0 Å². The summed E-state index contributed by atoms with van der Waals surface area (Å²) in [6.45, 7) is 3.12. The van der Waals surface area contributed by atoms with Crippen molar-refractivity contribution in [1.82, 2.24) is 10.2 Å². The largest absolute Gasteiger partial charge is 0.492 e. The number of hydrogen-bond donors (Lipinski definition) is 1. The summed E-state index contributed by atoms with van der Waals surface area (Å²) in [5, 5.41) is 3.58. The molecule has 0 fully saturated rings. The van der Waals surface area contributed by atoms with Gasteiger partial charge in [0.2, 0.25) is 5.91 Å². The van der Waals surface area contributed by atoms with Gasteiger partial charge >= 0.3 is 0 Å². The predicted molar refractivity (Wildman–Crippen MR) is 95.4 cm³/mol. The maximum Gasteiger partial charge on any atom is 0.234 e. The molecule has 1 N–H and O–H groups in total. The summed E-state index contributed by atoms with van der Waals surface area (Å²) in [5.74, 6) is 0.787. The maximum atomic E-state index is 12.1. The lowest BCUT2D eigenvalue weighted by Crippen LogP contribution is -2.40. The zero-order valence-electron chi connectivity index (χ0n) is 13.5. The van der Waals surface area contributed by atoms with E-state index in [9.17, 15) is 4.79 Å². The van der Waals surface area contributed by atoms with Gasteiger partial charge in [-0.2, -0.15) is 0 Å². The maximum absolute atomic E-state index is 12.1. The molecule has 1 amide bonds. The highest BCUT2D eigenvalue weighted by molar-refractivity contribution is 6.30. The fourth-order valence-corrected chi connectivity index (χ4v) is 2.96. The number of ether oxygens (including phenoxy) is 1. The second kappa shape index (κ2) is 8.18. The average Bonchev–Trinajstić information content (AvgIpc) is 2.60. The lowest BCUT2D eigenvalue weighted by Gasteiger charge is -2.28. The third-order valence-corrected chi connectivity index (χ3v) is 4.34. The minimum atomic E-state index is 0.0362. The molecule has 2 aromatic carbocycles. The van der Waals surface area contributed by atoms with Crippen molar-refractivity contribution in [3.05, 3.63) is 64.7 Å². The van der Waals surface area contributed by atoms with Gasteiger partial charge in [0.15, 0.2) is 0 Å². The van der Waals surface area contributed by atoms with Crippen LogP contribution in [0.4, 0.5) is 0 Å². The molecular weight excluding hydrogens is 324 g/mol. The molecule has 0 unspecified atom stereocenters. The molecule has 1 heterocycles. The summed E-state index contributed by atoms with van der Waals surface area (Å²) in [4.78, 5) is 14.2. The highest BCUT2D eigenvalue weighted by Crippen LogP contribution is 2.18. The smallest absolute Gasteiger partial charge is 0.234 e. The molecule has 4 nitrogen and oxygen atoms in total. The standard InChI is InChI=1S/C19H21ClN2O2/c20-17-5-7-18(8-6-17)24-12-10-21-19(23)14-22-11-9-15-3-1-2-4-16(15)13-22/h1-8H,9-14H2,(H,21,23). The molecule has 1 aliphatic heterocycles. The Bertz CT molecular complexity index is 688. The number of amides is 1. The number of rotatable bonds is 6. The van der Waals surface area contributed by atoms with E-state index in [2.05, 4.69) is 34.5 Å². The lowest BCUT2D eigenvalue weighted by atomic mass is 10.00. The number of nitrogens with one attached hydrogen (secondary N) is 1. The van der Waals surface area contributed by atoms with Crippen LogP contribution in [-0.2, 0) is 17.8 Å². The van der Waals surface area contributed by atoms with E-state index in [1.807, 2.05) is 12.1 Å². The predicted octanol–water partition coefficient (Wildman–Crippen LogP) is 2.89.